The van der Waals surface area contributed by atoms with Crippen LogP contribution in [0.3, 0.4) is 0 Å². The van der Waals surface area contributed by atoms with Gasteiger partial charge < -0.3 is 0 Å². The van der Waals surface area contributed by atoms with Gasteiger partial charge in [0.25, 0.3) is 0 Å². The summed E-state index contributed by atoms with van der Waals surface area (Å²) in [6, 6.07) is 10.7. The molecule has 0 unspecified atom stereocenters. The number of rotatable bonds is 3. The Morgan fingerprint density at radius 1 is 1.19 bits per heavy atom. The second kappa shape index (κ2) is 6.07. The maximum absolute atomic E-state index is 14.3. The Labute approximate surface area is 143 Å². The number of alkyl halides is 1. The first-order valence-corrected chi connectivity index (χ1v) is 8.41. The second-order valence-electron chi connectivity index (χ2n) is 4.51. The van der Waals surface area contributed by atoms with Gasteiger partial charge in [0.05, 0.1) is 16.7 Å². The minimum Gasteiger partial charge on any atom is -0.292 e. The van der Waals surface area contributed by atoms with E-state index in [0.717, 1.165) is 21.3 Å². The van der Waals surface area contributed by atoms with Gasteiger partial charge in [-0.25, -0.2) is 9.37 Å². The van der Waals surface area contributed by atoms with Crippen LogP contribution in [0.5, 0.6) is 0 Å². The van der Waals surface area contributed by atoms with E-state index in [0.29, 0.717) is 22.5 Å². The van der Waals surface area contributed by atoms with E-state index >= 15 is 0 Å². The fourth-order valence-electron chi connectivity index (χ4n) is 2.30. The molecule has 0 saturated carbocycles. The summed E-state index contributed by atoms with van der Waals surface area (Å²) in [6.45, 7) is 0. The van der Waals surface area contributed by atoms with Crippen molar-refractivity contribution in [3.63, 3.8) is 0 Å². The monoisotopic (exact) mass is 430 g/mol. The summed E-state index contributed by atoms with van der Waals surface area (Å²) in [7, 11) is 0. The summed E-state index contributed by atoms with van der Waals surface area (Å²) in [6.07, 6.45) is 0.564. The molecule has 1 aromatic heterocycles. The minimum atomic E-state index is -0.306. The Balaban J connectivity index is 2.38. The Morgan fingerprint density at radius 3 is 2.71 bits per heavy atom. The SMILES string of the molecule is Fc1cccc(Br)c1-n1c(CCCl)nc2ccc(Br)cc21. The Bertz CT molecular complexity index is 797. The summed E-state index contributed by atoms with van der Waals surface area (Å²) < 4.78 is 17.8. The van der Waals surface area contributed by atoms with Gasteiger partial charge in [-0.3, -0.25) is 4.57 Å². The predicted octanol–water partition coefficient (Wildman–Crippen LogP) is 5.47. The zero-order valence-electron chi connectivity index (χ0n) is 10.8. The Morgan fingerprint density at radius 2 is 2.00 bits per heavy atom. The highest BCUT2D eigenvalue weighted by molar-refractivity contribution is 9.10. The molecule has 0 bridgehead atoms. The molecule has 2 nitrogen and oxygen atoms in total. The maximum Gasteiger partial charge on any atom is 0.148 e. The molecule has 3 aromatic rings. The molecule has 0 radical (unpaired) electrons. The number of hydrogen-bond donors (Lipinski definition) is 0. The lowest BCUT2D eigenvalue weighted by atomic mass is 10.2. The summed E-state index contributed by atoms with van der Waals surface area (Å²) in [4.78, 5) is 4.57. The molecule has 0 aliphatic rings. The molecule has 0 saturated heterocycles. The molecule has 21 heavy (non-hydrogen) atoms. The summed E-state index contributed by atoms with van der Waals surface area (Å²) in [5, 5.41) is 0. The van der Waals surface area contributed by atoms with Crippen molar-refractivity contribution in [1.29, 1.82) is 0 Å². The van der Waals surface area contributed by atoms with E-state index in [9.17, 15) is 4.39 Å². The Kier molecular flexibility index (Phi) is 4.33. The van der Waals surface area contributed by atoms with Gasteiger partial charge in [0.1, 0.15) is 11.6 Å². The number of aromatic nitrogens is 2. The van der Waals surface area contributed by atoms with Crippen molar-refractivity contribution in [1.82, 2.24) is 9.55 Å². The van der Waals surface area contributed by atoms with Crippen LogP contribution in [0.4, 0.5) is 4.39 Å². The van der Waals surface area contributed by atoms with Crippen molar-refractivity contribution >= 4 is 54.5 Å². The summed E-state index contributed by atoms with van der Waals surface area (Å²) in [5.74, 6) is 0.861. The quantitative estimate of drug-likeness (QED) is 0.502. The number of aryl methyl sites for hydroxylation is 1. The highest BCUT2D eigenvalue weighted by Gasteiger charge is 2.17. The molecule has 0 N–H and O–H groups in total. The van der Waals surface area contributed by atoms with Crippen molar-refractivity contribution in [2.75, 3.05) is 5.88 Å². The van der Waals surface area contributed by atoms with Crippen molar-refractivity contribution in [2.24, 2.45) is 0 Å². The van der Waals surface area contributed by atoms with E-state index in [1.807, 2.05) is 28.8 Å². The lowest BCUT2D eigenvalue weighted by Crippen LogP contribution is -2.05. The number of imidazole rings is 1. The van der Waals surface area contributed by atoms with E-state index in [-0.39, 0.29) is 5.82 Å². The number of nitrogens with zero attached hydrogens (tertiary/aromatic N) is 2. The highest BCUT2D eigenvalue weighted by atomic mass is 79.9. The molecule has 108 valence electrons. The minimum absolute atomic E-state index is 0.306. The van der Waals surface area contributed by atoms with Gasteiger partial charge in [-0.15, -0.1) is 11.6 Å². The first-order valence-electron chi connectivity index (χ1n) is 6.29. The number of halogens is 4. The van der Waals surface area contributed by atoms with Crippen LogP contribution in [-0.2, 0) is 6.42 Å². The van der Waals surface area contributed by atoms with E-state index in [1.54, 1.807) is 6.07 Å². The fraction of sp³-hybridized carbons (Fsp3) is 0.133. The number of para-hydroxylation sites is 1. The van der Waals surface area contributed by atoms with E-state index in [4.69, 9.17) is 11.6 Å². The van der Waals surface area contributed by atoms with Crippen molar-refractivity contribution in [3.05, 3.63) is 57.0 Å². The molecule has 0 fully saturated rings. The molecular weight excluding hydrogens is 422 g/mol. The zero-order chi connectivity index (χ0) is 15.0. The molecule has 0 spiro atoms. The first kappa shape index (κ1) is 15.0. The van der Waals surface area contributed by atoms with Crippen LogP contribution in [0.1, 0.15) is 5.82 Å². The van der Waals surface area contributed by atoms with E-state index in [2.05, 4.69) is 36.8 Å². The number of benzene rings is 2. The largest absolute Gasteiger partial charge is 0.292 e. The van der Waals surface area contributed by atoms with Crippen LogP contribution in [0.15, 0.2) is 45.3 Å². The molecule has 0 aliphatic heterocycles. The van der Waals surface area contributed by atoms with Gasteiger partial charge >= 0.3 is 0 Å². The lowest BCUT2D eigenvalue weighted by molar-refractivity contribution is 0.615. The topological polar surface area (TPSA) is 17.8 Å². The third-order valence-electron chi connectivity index (χ3n) is 3.17. The van der Waals surface area contributed by atoms with Gasteiger partial charge in [0.2, 0.25) is 0 Å². The number of hydrogen-bond acceptors (Lipinski definition) is 1. The molecular formula is C15H10Br2ClFN2. The van der Waals surface area contributed by atoms with Crippen LogP contribution in [0.2, 0.25) is 0 Å². The van der Waals surface area contributed by atoms with Gasteiger partial charge in [-0.05, 0) is 46.3 Å². The van der Waals surface area contributed by atoms with Crippen LogP contribution in [0.25, 0.3) is 16.7 Å². The average molecular weight is 433 g/mol. The van der Waals surface area contributed by atoms with Gasteiger partial charge in [0.15, 0.2) is 0 Å². The first-order chi connectivity index (χ1) is 10.1. The Hall–Kier alpha value is -0.910. The van der Waals surface area contributed by atoms with Gasteiger partial charge in [0, 0.05) is 21.2 Å². The summed E-state index contributed by atoms with van der Waals surface area (Å²) >= 11 is 12.7. The molecule has 0 amide bonds. The van der Waals surface area contributed by atoms with E-state index < -0.39 is 0 Å². The van der Waals surface area contributed by atoms with Crippen molar-refractivity contribution in [3.8, 4) is 5.69 Å². The fourth-order valence-corrected chi connectivity index (χ4v) is 3.34. The van der Waals surface area contributed by atoms with Crippen molar-refractivity contribution < 1.29 is 4.39 Å². The lowest BCUT2D eigenvalue weighted by Gasteiger charge is -2.12. The maximum atomic E-state index is 14.3. The van der Waals surface area contributed by atoms with E-state index in [1.165, 1.54) is 6.07 Å². The average Bonchev–Trinajstić information content (AvgIpc) is 2.77. The smallest absolute Gasteiger partial charge is 0.148 e. The highest BCUT2D eigenvalue weighted by Crippen LogP contribution is 2.31. The van der Waals surface area contributed by atoms with Crippen LogP contribution in [0, 0.1) is 5.82 Å². The van der Waals surface area contributed by atoms with Crippen LogP contribution < -0.4 is 0 Å². The molecule has 1 heterocycles. The number of fused-ring (bicyclic) bond motifs is 1. The third kappa shape index (κ3) is 2.74. The molecule has 0 aliphatic carbocycles. The van der Waals surface area contributed by atoms with Crippen LogP contribution >= 0.6 is 43.5 Å². The molecule has 2 aromatic carbocycles. The van der Waals surface area contributed by atoms with Gasteiger partial charge in [-0.1, -0.05) is 22.0 Å². The molecule has 6 heteroatoms. The predicted molar refractivity (Wildman–Crippen MR) is 90.9 cm³/mol. The third-order valence-corrected chi connectivity index (χ3v) is 4.49. The second-order valence-corrected chi connectivity index (χ2v) is 6.65. The summed E-state index contributed by atoms with van der Waals surface area (Å²) in [5.41, 5.74) is 2.11. The molecule has 0 atom stereocenters. The van der Waals surface area contributed by atoms with Crippen molar-refractivity contribution in [2.45, 2.75) is 6.42 Å². The van der Waals surface area contributed by atoms with Crippen LogP contribution in [-0.4, -0.2) is 15.4 Å². The molecule has 3 rings (SSSR count). The van der Waals surface area contributed by atoms with Gasteiger partial charge in [-0.2, -0.15) is 0 Å². The standard InChI is InChI=1S/C15H10Br2ClFN2/c16-9-4-5-12-13(8-9)21(14(20-12)6-7-18)15-10(17)2-1-3-11(15)19/h1-5,8H,6-7H2. The zero-order valence-corrected chi connectivity index (χ0v) is 14.7. The normalized spacial score (nSPS) is 11.2.